The van der Waals surface area contributed by atoms with Crippen molar-refractivity contribution >= 4 is 28.4 Å². The van der Waals surface area contributed by atoms with Crippen LogP contribution in [0.4, 0.5) is 0 Å². The van der Waals surface area contributed by atoms with Crippen molar-refractivity contribution in [2.75, 3.05) is 0 Å². The summed E-state index contributed by atoms with van der Waals surface area (Å²) in [5.41, 5.74) is 1.03. The highest BCUT2D eigenvalue weighted by molar-refractivity contribution is 6.31. The van der Waals surface area contributed by atoms with Gasteiger partial charge < -0.3 is 9.88 Å². The van der Waals surface area contributed by atoms with Crippen LogP contribution in [0.3, 0.4) is 0 Å². The van der Waals surface area contributed by atoms with Gasteiger partial charge in [0.25, 0.3) is 0 Å². The van der Waals surface area contributed by atoms with Crippen LogP contribution in [0.2, 0.25) is 5.02 Å². The van der Waals surface area contributed by atoms with Crippen LogP contribution in [-0.4, -0.2) is 16.5 Å². The van der Waals surface area contributed by atoms with E-state index < -0.39 is 0 Å². The van der Waals surface area contributed by atoms with Crippen LogP contribution in [0.15, 0.2) is 30.5 Å². The number of hydrogen-bond acceptors (Lipinski definition) is 1. The molecule has 0 aliphatic rings. The lowest BCUT2D eigenvalue weighted by atomic mass is 10.2. The zero-order valence-electron chi connectivity index (χ0n) is 10.6. The molecule has 2 aromatic rings. The number of halogens is 1. The molecule has 2 rings (SSSR count). The van der Waals surface area contributed by atoms with Gasteiger partial charge in [-0.1, -0.05) is 18.5 Å². The van der Waals surface area contributed by atoms with Gasteiger partial charge in [0.1, 0.15) is 6.54 Å². The van der Waals surface area contributed by atoms with Gasteiger partial charge in [-0.25, -0.2) is 0 Å². The van der Waals surface area contributed by atoms with E-state index in [9.17, 15) is 4.79 Å². The van der Waals surface area contributed by atoms with Crippen LogP contribution < -0.4 is 5.32 Å². The fraction of sp³-hybridized carbons (Fsp3) is 0.357. The highest BCUT2D eigenvalue weighted by Crippen LogP contribution is 2.20. The zero-order valence-corrected chi connectivity index (χ0v) is 11.4. The molecular formula is C14H17ClN2O. The summed E-state index contributed by atoms with van der Waals surface area (Å²) in [6, 6.07) is 7.87. The van der Waals surface area contributed by atoms with Gasteiger partial charge in [0.05, 0.1) is 0 Å². The van der Waals surface area contributed by atoms with E-state index in [0.717, 1.165) is 17.3 Å². The zero-order chi connectivity index (χ0) is 13.1. The lowest BCUT2D eigenvalue weighted by Crippen LogP contribution is -2.34. The summed E-state index contributed by atoms with van der Waals surface area (Å²) in [4.78, 5) is 11.8. The topological polar surface area (TPSA) is 34.0 Å². The number of carbonyl (C=O) groups excluding carboxylic acids is 1. The summed E-state index contributed by atoms with van der Waals surface area (Å²) >= 11 is 5.93. The second-order valence-electron chi connectivity index (χ2n) is 4.52. The monoisotopic (exact) mass is 264 g/mol. The minimum absolute atomic E-state index is 0.0387. The van der Waals surface area contributed by atoms with Crippen molar-refractivity contribution in [3.63, 3.8) is 0 Å². The van der Waals surface area contributed by atoms with Gasteiger partial charge in [0.15, 0.2) is 0 Å². The molecular weight excluding hydrogens is 248 g/mol. The Kier molecular flexibility index (Phi) is 3.92. The molecule has 18 heavy (non-hydrogen) atoms. The summed E-state index contributed by atoms with van der Waals surface area (Å²) in [5.74, 6) is 0.0387. The Morgan fingerprint density at radius 1 is 1.44 bits per heavy atom. The summed E-state index contributed by atoms with van der Waals surface area (Å²) < 4.78 is 1.93. The number of carbonyl (C=O) groups is 1. The molecule has 1 amide bonds. The first-order chi connectivity index (χ1) is 8.60. The number of nitrogens with zero attached hydrogens (tertiary/aromatic N) is 1. The number of benzene rings is 1. The third-order valence-electron chi connectivity index (χ3n) is 3.07. The van der Waals surface area contributed by atoms with E-state index in [1.54, 1.807) is 0 Å². The third-order valence-corrected chi connectivity index (χ3v) is 3.30. The van der Waals surface area contributed by atoms with Crippen molar-refractivity contribution in [2.45, 2.75) is 32.9 Å². The molecule has 0 saturated carbocycles. The Bertz CT molecular complexity index is 562. The Morgan fingerprint density at radius 3 is 2.94 bits per heavy atom. The van der Waals surface area contributed by atoms with Crippen molar-refractivity contribution in [2.24, 2.45) is 0 Å². The molecule has 0 radical (unpaired) electrons. The molecule has 0 aliphatic heterocycles. The van der Waals surface area contributed by atoms with Crippen LogP contribution in [0.1, 0.15) is 20.3 Å². The summed E-state index contributed by atoms with van der Waals surface area (Å²) in [6.45, 7) is 4.40. The molecule has 0 fully saturated rings. The SMILES string of the molecule is CCC(C)NC(=O)Cn1ccc2cc(Cl)ccc21. The predicted octanol–water partition coefficient (Wildman–Crippen LogP) is 3.21. The van der Waals surface area contributed by atoms with Crippen molar-refractivity contribution in [1.82, 2.24) is 9.88 Å². The molecule has 1 aromatic heterocycles. The molecule has 4 heteroatoms. The highest BCUT2D eigenvalue weighted by Gasteiger charge is 2.08. The molecule has 1 atom stereocenters. The first kappa shape index (κ1) is 13.0. The van der Waals surface area contributed by atoms with Gasteiger partial charge in [-0.05, 0) is 37.6 Å². The van der Waals surface area contributed by atoms with Crippen LogP contribution in [0.25, 0.3) is 10.9 Å². The maximum absolute atomic E-state index is 11.8. The second-order valence-corrected chi connectivity index (χ2v) is 4.96. The van der Waals surface area contributed by atoms with Crippen LogP contribution in [0.5, 0.6) is 0 Å². The molecule has 1 heterocycles. The Morgan fingerprint density at radius 2 is 2.22 bits per heavy atom. The van der Waals surface area contributed by atoms with E-state index >= 15 is 0 Å². The minimum Gasteiger partial charge on any atom is -0.352 e. The molecule has 1 aromatic carbocycles. The fourth-order valence-corrected chi connectivity index (χ4v) is 2.07. The van der Waals surface area contributed by atoms with Gasteiger partial charge in [0.2, 0.25) is 5.91 Å². The first-order valence-corrected chi connectivity index (χ1v) is 6.51. The van der Waals surface area contributed by atoms with Crippen molar-refractivity contribution in [3.05, 3.63) is 35.5 Å². The molecule has 96 valence electrons. The van der Waals surface area contributed by atoms with Crippen LogP contribution in [-0.2, 0) is 11.3 Å². The molecule has 0 saturated heterocycles. The first-order valence-electron chi connectivity index (χ1n) is 6.14. The number of fused-ring (bicyclic) bond motifs is 1. The molecule has 1 N–H and O–H groups in total. The van der Waals surface area contributed by atoms with Gasteiger partial charge in [-0.3, -0.25) is 4.79 Å². The van der Waals surface area contributed by atoms with E-state index in [4.69, 9.17) is 11.6 Å². The molecule has 3 nitrogen and oxygen atoms in total. The number of nitrogens with one attached hydrogen (secondary N) is 1. The Hall–Kier alpha value is -1.48. The quantitative estimate of drug-likeness (QED) is 0.904. The standard InChI is InChI=1S/C14H17ClN2O/c1-3-10(2)16-14(18)9-17-7-6-11-8-12(15)4-5-13(11)17/h4-8,10H,3,9H2,1-2H3,(H,16,18). The predicted molar refractivity (Wildman–Crippen MR) is 74.8 cm³/mol. The minimum atomic E-state index is 0.0387. The van der Waals surface area contributed by atoms with Crippen LogP contribution >= 0.6 is 11.6 Å². The molecule has 0 spiro atoms. The average Bonchev–Trinajstić information content (AvgIpc) is 2.71. The molecule has 1 unspecified atom stereocenters. The van der Waals surface area contributed by atoms with Gasteiger partial charge >= 0.3 is 0 Å². The average molecular weight is 265 g/mol. The second kappa shape index (κ2) is 5.44. The van der Waals surface area contributed by atoms with E-state index in [1.165, 1.54) is 0 Å². The fourth-order valence-electron chi connectivity index (χ4n) is 1.89. The van der Waals surface area contributed by atoms with Gasteiger partial charge in [-0.15, -0.1) is 0 Å². The maximum Gasteiger partial charge on any atom is 0.240 e. The van der Waals surface area contributed by atoms with Crippen LogP contribution in [0, 0.1) is 0 Å². The Labute approximate surface area is 112 Å². The highest BCUT2D eigenvalue weighted by atomic mass is 35.5. The van der Waals surface area contributed by atoms with E-state index in [1.807, 2.05) is 42.0 Å². The Balaban J connectivity index is 2.15. The summed E-state index contributed by atoms with van der Waals surface area (Å²) in [7, 11) is 0. The number of amides is 1. The van der Waals surface area contributed by atoms with E-state index in [-0.39, 0.29) is 11.9 Å². The van der Waals surface area contributed by atoms with E-state index in [2.05, 4.69) is 12.2 Å². The van der Waals surface area contributed by atoms with Gasteiger partial charge in [-0.2, -0.15) is 0 Å². The van der Waals surface area contributed by atoms with Crippen molar-refractivity contribution in [3.8, 4) is 0 Å². The lowest BCUT2D eigenvalue weighted by Gasteiger charge is -2.12. The van der Waals surface area contributed by atoms with E-state index in [0.29, 0.717) is 11.6 Å². The maximum atomic E-state index is 11.8. The summed E-state index contributed by atoms with van der Waals surface area (Å²) in [5, 5.41) is 4.72. The van der Waals surface area contributed by atoms with Crippen molar-refractivity contribution < 1.29 is 4.79 Å². The number of hydrogen-bond donors (Lipinski definition) is 1. The third kappa shape index (κ3) is 2.85. The molecule has 0 aliphatic carbocycles. The van der Waals surface area contributed by atoms with Crippen molar-refractivity contribution in [1.29, 1.82) is 0 Å². The normalized spacial score (nSPS) is 12.6. The smallest absolute Gasteiger partial charge is 0.240 e. The largest absolute Gasteiger partial charge is 0.352 e. The van der Waals surface area contributed by atoms with Gasteiger partial charge in [0, 0.05) is 28.2 Å². The molecule has 0 bridgehead atoms. The number of aromatic nitrogens is 1. The summed E-state index contributed by atoms with van der Waals surface area (Å²) in [6.07, 6.45) is 2.85. The number of rotatable bonds is 4. The lowest BCUT2D eigenvalue weighted by molar-refractivity contribution is -0.122.